The van der Waals surface area contributed by atoms with E-state index in [1.165, 1.54) is 11.1 Å². The van der Waals surface area contributed by atoms with Gasteiger partial charge in [-0.25, -0.2) is 9.97 Å². The Hall–Kier alpha value is -2.70. The van der Waals surface area contributed by atoms with Crippen molar-refractivity contribution in [3.63, 3.8) is 0 Å². The fourth-order valence-corrected chi connectivity index (χ4v) is 3.37. The number of amides is 1. The molecule has 1 aliphatic rings. The number of halogens is 1. The number of anilines is 2. The molecule has 1 amide bonds. The Morgan fingerprint density at radius 2 is 1.83 bits per heavy atom. The van der Waals surface area contributed by atoms with E-state index in [9.17, 15) is 4.79 Å². The molecule has 2 aromatic heterocycles. The number of pyridine rings is 2. The predicted molar refractivity (Wildman–Crippen MR) is 117 cm³/mol. The second-order valence-corrected chi connectivity index (χ2v) is 7.20. The van der Waals surface area contributed by atoms with Gasteiger partial charge < -0.3 is 15.0 Å². The van der Waals surface area contributed by atoms with E-state index in [0.717, 1.165) is 22.5 Å². The number of aromatic nitrogens is 2. The number of hydrogen-bond acceptors (Lipinski definition) is 5. The Morgan fingerprint density at radius 1 is 1.07 bits per heavy atom. The summed E-state index contributed by atoms with van der Waals surface area (Å²) in [5.74, 6) is -0.0374. The number of fused-ring (bicyclic) bond motifs is 1. The Morgan fingerprint density at radius 3 is 2.55 bits per heavy atom. The van der Waals surface area contributed by atoms with Gasteiger partial charge in [0.05, 0.1) is 24.5 Å². The van der Waals surface area contributed by atoms with E-state index in [1.807, 2.05) is 30.0 Å². The molecule has 1 aliphatic heterocycles. The zero-order valence-corrected chi connectivity index (χ0v) is 17.7. The van der Waals surface area contributed by atoms with Crippen LogP contribution in [0, 0.1) is 20.8 Å². The third-order valence-electron chi connectivity index (χ3n) is 5.17. The zero-order chi connectivity index (χ0) is 19.7. The standard InChI is InChI=1S/C22H24N4O2.ClH/c1-14-4-6-17(12-15(14)2)25-20-18-7-5-16(3)24-21(18)23-13-19(20)22(27)26-8-10-28-11-9-26;/h4-7,12-13H,8-11H2,1-3H3,(H,23,24,25);1H. The van der Waals surface area contributed by atoms with Crippen molar-refractivity contribution in [2.24, 2.45) is 0 Å². The summed E-state index contributed by atoms with van der Waals surface area (Å²) in [5.41, 5.74) is 6.18. The van der Waals surface area contributed by atoms with Gasteiger partial charge >= 0.3 is 0 Å². The minimum atomic E-state index is -0.0374. The molecule has 0 bridgehead atoms. The van der Waals surface area contributed by atoms with Gasteiger partial charge in [-0.1, -0.05) is 6.07 Å². The molecule has 0 atom stereocenters. The molecule has 0 unspecified atom stereocenters. The van der Waals surface area contributed by atoms with Crippen LogP contribution in [0.3, 0.4) is 0 Å². The first-order valence-electron chi connectivity index (χ1n) is 9.50. The second-order valence-electron chi connectivity index (χ2n) is 7.20. The maximum absolute atomic E-state index is 13.2. The summed E-state index contributed by atoms with van der Waals surface area (Å²) in [7, 11) is 0. The summed E-state index contributed by atoms with van der Waals surface area (Å²) >= 11 is 0. The molecule has 3 heterocycles. The maximum Gasteiger partial charge on any atom is 0.257 e. The number of carbonyl (C=O) groups is 1. The third kappa shape index (κ3) is 4.33. The van der Waals surface area contributed by atoms with Gasteiger partial charge in [0.1, 0.15) is 0 Å². The average Bonchev–Trinajstić information content (AvgIpc) is 2.71. The van der Waals surface area contributed by atoms with Crippen molar-refractivity contribution in [3.8, 4) is 0 Å². The Bertz CT molecular complexity index is 1050. The maximum atomic E-state index is 13.2. The average molecular weight is 413 g/mol. The van der Waals surface area contributed by atoms with Crippen LogP contribution in [0.2, 0.25) is 0 Å². The number of morpholine rings is 1. The van der Waals surface area contributed by atoms with E-state index < -0.39 is 0 Å². The molecule has 1 aromatic carbocycles. The van der Waals surface area contributed by atoms with Crippen molar-refractivity contribution in [1.29, 1.82) is 0 Å². The van der Waals surface area contributed by atoms with Crippen molar-refractivity contribution >= 4 is 40.7 Å². The van der Waals surface area contributed by atoms with Crippen LogP contribution in [-0.2, 0) is 4.74 Å². The van der Waals surface area contributed by atoms with E-state index >= 15 is 0 Å². The second kappa shape index (κ2) is 8.76. The molecule has 3 aromatic rings. The van der Waals surface area contributed by atoms with Gasteiger partial charge in [-0.3, -0.25) is 4.79 Å². The summed E-state index contributed by atoms with van der Waals surface area (Å²) in [6.07, 6.45) is 1.63. The number of hydrogen-bond donors (Lipinski definition) is 1. The lowest BCUT2D eigenvalue weighted by Gasteiger charge is -2.27. The Labute approximate surface area is 176 Å². The van der Waals surface area contributed by atoms with Crippen LogP contribution in [0.15, 0.2) is 36.5 Å². The fraction of sp³-hybridized carbons (Fsp3) is 0.318. The van der Waals surface area contributed by atoms with Crippen molar-refractivity contribution in [3.05, 3.63) is 58.9 Å². The number of benzene rings is 1. The van der Waals surface area contributed by atoms with Crippen LogP contribution in [0.5, 0.6) is 0 Å². The number of nitrogens with one attached hydrogen (secondary N) is 1. The number of nitrogens with zero attached hydrogens (tertiary/aromatic N) is 3. The minimum absolute atomic E-state index is 0. The fourth-order valence-electron chi connectivity index (χ4n) is 3.37. The van der Waals surface area contributed by atoms with Gasteiger partial charge in [-0.05, 0) is 56.2 Å². The largest absolute Gasteiger partial charge is 0.378 e. The highest BCUT2D eigenvalue weighted by molar-refractivity contribution is 6.07. The molecule has 7 heteroatoms. The van der Waals surface area contributed by atoms with E-state index in [1.54, 1.807) is 6.20 Å². The molecule has 4 rings (SSSR count). The van der Waals surface area contributed by atoms with Gasteiger partial charge in [0.2, 0.25) is 0 Å². The highest BCUT2D eigenvalue weighted by Crippen LogP contribution is 2.30. The first kappa shape index (κ1) is 21.0. The van der Waals surface area contributed by atoms with Crippen LogP contribution in [0.1, 0.15) is 27.2 Å². The van der Waals surface area contributed by atoms with Gasteiger partial charge in [-0.15, -0.1) is 12.4 Å². The SMILES string of the molecule is Cc1ccc2c(Nc3ccc(C)c(C)c3)c(C(=O)N3CCOCC3)cnc2n1.Cl. The smallest absolute Gasteiger partial charge is 0.257 e. The van der Waals surface area contributed by atoms with E-state index in [-0.39, 0.29) is 18.3 Å². The van der Waals surface area contributed by atoms with E-state index in [2.05, 4.69) is 41.3 Å². The molecule has 6 nitrogen and oxygen atoms in total. The lowest BCUT2D eigenvalue weighted by molar-refractivity contribution is 0.0303. The topological polar surface area (TPSA) is 67.4 Å². The molecule has 1 fully saturated rings. The summed E-state index contributed by atoms with van der Waals surface area (Å²) in [5, 5.41) is 4.30. The molecule has 0 spiro atoms. The molecular formula is C22H25ClN4O2. The van der Waals surface area contributed by atoms with Crippen LogP contribution in [-0.4, -0.2) is 47.1 Å². The van der Waals surface area contributed by atoms with Gasteiger partial charge in [0.15, 0.2) is 5.65 Å². The number of aryl methyl sites for hydroxylation is 3. The zero-order valence-electron chi connectivity index (χ0n) is 16.9. The first-order chi connectivity index (χ1) is 13.5. The van der Waals surface area contributed by atoms with Crippen LogP contribution in [0.4, 0.5) is 11.4 Å². The minimum Gasteiger partial charge on any atom is -0.378 e. The first-order valence-corrected chi connectivity index (χ1v) is 9.50. The van der Waals surface area contributed by atoms with Gasteiger partial charge in [0.25, 0.3) is 5.91 Å². The number of rotatable bonds is 3. The van der Waals surface area contributed by atoms with Crippen LogP contribution >= 0.6 is 12.4 Å². The van der Waals surface area contributed by atoms with Crippen molar-refractivity contribution < 1.29 is 9.53 Å². The van der Waals surface area contributed by atoms with Gasteiger partial charge in [0, 0.05) is 36.1 Å². The van der Waals surface area contributed by atoms with E-state index in [4.69, 9.17) is 4.74 Å². The Balaban J connectivity index is 0.00000240. The lowest BCUT2D eigenvalue weighted by Crippen LogP contribution is -2.41. The summed E-state index contributed by atoms with van der Waals surface area (Å²) in [4.78, 5) is 24.0. The summed E-state index contributed by atoms with van der Waals surface area (Å²) in [6.45, 7) is 8.40. The highest BCUT2D eigenvalue weighted by atomic mass is 35.5. The number of ether oxygens (including phenoxy) is 1. The molecule has 0 saturated carbocycles. The normalized spacial score (nSPS) is 13.8. The predicted octanol–water partition coefficient (Wildman–Crippen LogP) is 4.19. The van der Waals surface area contributed by atoms with Crippen LogP contribution < -0.4 is 5.32 Å². The quantitative estimate of drug-likeness (QED) is 0.698. The van der Waals surface area contributed by atoms with E-state index in [0.29, 0.717) is 37.5 Å². The van der Waals surface area contributed by atoms with Crippen molar-refractivity contribution in [2.45, 2.75) is 20.8 Å². The van der Waals surface area contributed by atoms with Crippen molar-refractivity contribution in [1.82, 2.24) is 14.9 Å². The molecule has 152 valence electrons. The van der Waals surface area contributed by atoms with Gasteiger partial charge in [-0.2, -0.15) is 0 Å². The van der Waals surface area contributed by atoms with Crippen LogP contribution in [0.25, 0.3) is 11.0 Å². The molecule has 0 radical (unpaired) electrons. The monoisotopic (exact) mass is 412 g/mol. The molecular weight excluding hydrogens is 388 g/mol. The highest BCUT2D eigenvalue weighted by Gasteiger charge is 2.23. The third-order valence-corrected chi connectivity index (χ3v) is 5.17. The summed E-state index contributed by atoms with van der Waals surface area (Å²) < 4.78 is 5.38. The molecule has 0 aliphatic carbocycles. The molecule has 1 N–H and O–H groups in total. The molecule has 29 heavy (non-hydrogen) atoms. The molecule has 1 saturated heterocycles. The lowest BCUT2D eigenvalue weighted by atomic mass is 10.1. The van der Waals surface area contributed by atoms with Crippen molar-refractivity contribution in [2.75, 3.05) is 31.6 Å². The number of carbonyl (C=O) groups excluding carboxylic acids is 1. The summed E-state index contributed by atoms with van der Waals surface area (Å²) in [6, 6.07) is 10.1. The Kier molecular flexibility index (Phi) is 6.35.